The molecule has 0 aliphatic heterocycles. The molecule has 2 aromatic rings. The molecule has 0 saturated heterocycles. The second-order valence-corrected chi connectivity index (χ2v) is 8.59. The molecule has 1 unspecified atom stereocenters. The number of amides is 1. The number of nitrogens with one attached hydrogen (secondary N) is 1. The maximum absolute atomic E-state index is 12.8. The van der Waals surface area contributed by atoms with Crippen LogP contribution in [0.2, 0.25) is 10.0 Å². The molecule has 10 heteroatoms. The predicted molar refractivity (Wildman–Crippen MR) is 111 cm³/mol. The van der Waals surface area contributed by atoms with Crippen LogP contribution in [0.4, 0.5) is 11.4 Å². The zero-order valence-corrected chi connectivity index (χ0v) is 18.0. The Kier molecular flexibility index (Phi) is 7.03. The third-order valence-corrected chi connectivity index (χ3v) is 5.67. The molecule has 0 radical (unpaired) electrons. The summed E-state index contributed by atoms with van der Waals surface area (Å²) < 4.78 is 36.1. The van der Waals surface area contributed by atoms with Gasteiger partial charge in [0.1, 0.15) is 6.04 Å². The van der Waals surface area contributed by atoms with Gasteiger partial charge in [0, 0.05) is 16.8 Å². The predicted octanol–water partition coefficient (Wildman–Crippen LogP) is 3.80. The van der Waals surface area contributed by atoms with Crippen molar-refractivity contribution in [2.75, 3.05) is 30.1 Å². The number of carbonyl (C=O) groups excluding carboxylic acids is 1. The Morgan fingerprint density at radius 2 is 1.71 bits per heavy atom. The summed E-state index contributed by atoms with van der Waals surface area (Å²) in [5.74, 6) is 0.358. The van der Waals surface area contributed by atoms with E-state index in [4.69, 9.17) is 32.7 Å². The van der Waals surface area contributed by atoms with Gasteiger partial charge in [0.15, 0.2) is 11.5 Å². The minimum atomic E-state index is -3.83. The number of hydrogen-bond donors (Lipinski definition) is 1. The summed E-state index contributed by atoms with van der Waals surface area (Å²) in [6.07, 6.45) is 0.990. The Labute approximate surface area is 174 Å². The normalized spacial score (nSPS) is 12.2. The first kappa shape index (κ1) is 22.1. The van der Waals surface area contributed by atoms with Crippen LogP contribution in [-0.4, -0.2) is 40.8 Å². The van der Waals surface area contributed by atoms with E-state index in [2.05, 4.69) is 5.32 Å². The molecule has 152 valence electrons. The zero-order chi connectivity index (χ0) is 21.1. The molecule has 0 fully saturated rings. The molecule has 28 heavy (non-hydrogen) atoms. The Hall–Kier alpha value is -2.16. The molecule has 1 amide bonds. The number of carbonyl (C=O) groups is 1. The SMILES string of the molecule is COc1ccc(NC(=O)C(C)N(c2cc(Cl)ccc2Cl)S(C)(=O)=O)cc1OC. The topological polar surface area (TPSA) is 84.9 Å². The average Bonchev–Trinajstić information content (AvgIpc) is 2.63. The third kappa shape index (κ3) is 5.01. The van der Waals surface area contributed by atoms with Gasteiger partial charge in [-0.25, -0.2) is 8.42 Å². The van der Waals surface area contributed by atoms with Gasteiger partial charge in [-0.2, -0.15) is 0 Å². The van der Waals surface area contributed by atoms with Gasteiger partial charge >= 0.3 is 0 Å². The summed E-state index contributed by atoms with van der Waals surface area (Å²) in [4.78, 5) is 12.8. The summed E-state index contributed by atoms with van der Waals surface area (Å²) in [6.45, 7) is 1.45. The minimum Gasteiger partial charge on any atom is -0.493 e. The van der Waals surface area contributed by atoms with Crippen molar-refractivity contribution >= 4 is 50.5 Å². The van der Waals surface area contributed by atoms with Crippen molar-refractivity contribution < 1.29 is 22.7 Å². The molecule has 1 N–H and O–H groups in total. The van der Waals surface area contributed by atoms with Gasteiger partial charge in [0.2, 0.25) is 15.9 Å². The Balaban J connectivity index is 2.36. The number of ether oxygens (including phenoxy) is 2. The fraction of sp³-hybridized carbons (Fsp3) is 0.278. The fourth-order valence-corrected chi connectivity index (χ4v) is 4.20. The van der Waals surface area contributed by atoms with Crippen LogP contribution >= 0.6 is 23.2 Å². The highest BCUT2D eigenvalue weighted by molar-refractivity contribution is 7.92. The molecule has 0 heterocycles. The van der Waals surface area contributed by atoms with Crippen LogP contribution in [0.5, 0.6) is 11.5 Å². The minimum absolute atomic E-state index is 0.117. The lowest BCUT2D eigenvalue weighted by Gasteiger charge is -2.29. The molecule has 0 spiro atoms. The zero-order valence-electron chi connectivity index (χ0n) is 15.7. The monoisotopic (exact) mass is 446 g/mol. The number of nitrogens with zero attached hydrogens (tertiary/aromatic N) is 1. The van der Waals surface area contributed by atoms with Gasteiger partial charge in [-0.05, 0) is 37.3 Å². The number of sulfonamides is 1. The van der Waals surface area contributed by atoms with E-state index in [-0.39, 0.29) is 10.7 Å². The summed E-state index contributed by atoms with van der Waals surface area (Å²) in [5, 5.41) is 3.11. The van der Waals surface area contributed by atoms with Gasteiger partial charge in [0.25, 0.3) is 0 Å². The Morgan fingerprint density at radius 1 is 1.07 bits per heavy atom. The highest BCUT2D eigenvalue weighted by atomic mass is 35.5. The summed E-state index contributed by atoms with van der Waals surface area (Å²) in [7, 11) is -0.865. The fourth-order valence-electron chi connectivity index (χ4n) is 2.60. The number of hydrogen-bond acceptors (Lipinski definition) is 5. The maximum Gasteiger partial charge on any atom is 0.247 e. The van der Waals surface area contributed by atoms with Crippen molar-refractivity contribution in [1.82, 2.24) is 0 Å². The summed E-state index contributed by atoms with van der Waals surface area (Å²) in [5.41, 5.74) is 0.534. The average molecular weight is 447 g/mol. The van der Waals surface area contributed by atoms with E-state index in [1.807, 2.05) is 0 Å². The Bertz CT molecular complexity index is 982. The van der Waals surface area contributed by atoms with E-state index >= 15 is 0 Å². The van der Waals surface area contributed by atoms with Crippen LogP contribution in [0.15, 0.2) is 36.4 Å². The molecule has 0 bridgehead atoms. The largest absolute Gasteiger partial charge is 0.493 e. The van der Waals surface area contributed by atoms with Crippen molar-refractivity contribution in [3.8, 4) is 11.5 Å². The van der Waals surface area contributed by atoms with Crippen molar-refractivity contribution in [3.05, 3.63) is 46.4 Å². The molecule has 0 aliphatic rings. The van der Waals surface area contributed by atoms with E-state index in [1.54, 1.807) is 18.2 Å². The summed E-state index contributed by atoms with van der Waals surface area (Å²) >= 11 is 12.1. The second kappa shape index (κ2) is 8.89. The number of benzene rings is 2. The van der Waals surface area contributed by atoms with E-state index in [1.165, 1.54) is 39.3 Å². The lowest BCUT2D eigenvalue weighted by Crippen LogP contribution is -2.45. The van der Waals surface area contributed by atoms with Gasteiger partial charge in [0.05, 0.1) is 31.2 Å². The summed E-state index contributed by atoms with van der Waals surface area (Å²) in [6, 6.07) is 8.11. The number of halogens is 2. The molecule has 0 aromatic heterocycles. The van der Waals surface area contributed by atoms with Crippen molar-refractivity contribution in [1.29, 1.82) is 0 Å². The van der Waals surface area contributed by atoms with Crippen LogP contribution in [-0.2, 0) is 14.8 Å². The van der Waals surface area contributed by atoms with Crippen molar-refractivity contribution in [2.24, 2.45) is 0 Å². The van der Waals surface area contributed by atoms with Crippen LogP contribution in [0, 0.1) is 0 Å². The van der Waals surface area contributed by atoms with E-state index in [0.717, 1.165) is 10.6 Å². The molecule has 2 rings (SSSR count). The third-order valence-electron chi connectivity index (χ3n) is 3.89. The van der Waals surface area contributed by atoms with Gasteiger partial charge in [-0.15, -0.1) is 0 Å². The van der Waals surface area contributed by atoms with Crippen LogP contribution < -0.4 is 19.1 Å². The number of anilines is 2. The highest BCUT2D eigenvalue weighted by Gasteiger charge is 2.31. The van der Waals surface area contributed by atoms with Crippen LogP contribution in [0.1, 0.15) is 6.92 Å². The smallest absolute Gasteiger partial charge is 0.247 e. The molecule has 2 aromatic carbocycles. The maximum atomic E-state index is 12.8. The quantitative estimate of drug-likeness (QED) is 0.698. The first-order valence-electron chi connectivity index (χ1n) is 8.05. The van der Waals surface area contributed by atoms with Gasteiger partial charge in [-0.3, -0.25) is 9.10 Å². The molecule has 7 nitrogen and oxygen atoms in total. The molecule has 0 aliphatic carbocycles. The molecular weight excluding hydrogens is 427 g/mol. The van der Waals surface area contributed by atoms with Crippen LogP contribution in [0.3, 0.4) is 0 Å². The van der Waals surface area contributed by atoms with Gasteiger partial charge in [-0.1, -0.05) is 23.2 Å². The number of rotatable bonds is 7. The first-order valence-corrected chi connectivity index (χ1v) is 10.7. The molecule has 1 atom stereocenters. The van der Waals surface area contributed by atoms with Gasteiger partial charge < -0.3 is 14.8 Å². The standard InChI is InChI=1S/C18H20Cl2N2O5S/c1-11(18(23)21-13-6-8-16(26-2)17(10-13)27-3)22(28(4,24)25)15-9-12(19)5-7-14(15)20/h5-11H,1-4H3,(H,21,23). The van der Waals surface area contributed by atoms with E-state index in [9.17, 15) is 13.2 Å². The molecule has 0 saturated carbocycles. The Morgan fingerprint density at radius 3 is 2.29 bits per heavy atom. The van der Waals surface area contributed by atoms with E-state index in [0.29, 0.717) is 22.2 Å². The second-order valence-electron chi connectivity index (χ2n) is 5.89. The lowest BCUT2D eigenvalue weighted by molar-refractivity contribution is -0.116. The number of methoxy groups -OCH3 is 2. The highest BCUT2D eigenvalue weighted by Crippen LogP contribution is 2.33. The van der Waals surface area contributed by atoms with Crippen molar-refractivity contribution in [2.45, 2.75) is 13.0 Å². The van der Waals surface area contributed by atoms with E-state index < -0.39 is 22.0 Å². The van der Waals surface area contributed by atoms with Crippen molar-refractivity contribution in [3.63, 3.8) is 0 Å². The molecular formula is C18H20Cl2N2O5S. The first-order chi connectivity index (χ1) is 13.1. The van der Waals surface area contributed by atoms with Crippen LogP contribution in [0.25, 0.3) is 0 Å². The lowest BCUT2D eigenvalue weighted by atomic mass is 10.2.